The zero-order valence-electron chi connectivity index (χ0n) is 11.7. The molecule has 0 aromatic heterocycles. The van der Waals surface area contributed by atoms with Crippen molar-refractivity contribution < 1.29 is 13.2 Å². The molecular weight excluding hydrogens is 335 g/mol. The standard InChI is InChI=1S/C13H18Cl2N2O3S/c1-2-20-10-4-3-5-17(8-10)21(18,19)13-11(15)6-9(14)7-12(13)16/h6-7,10H,2-5,8,16H2,1H3. The van der Waals surface area contributed by atoms with Crippen LogP contribution in [0, 0.1) is 0 Å². The molecule has 0 bridgehead atoms. The van der Waals surface area contributed by atoms with E-state index in [1.54, 1.807) is 0 Å². The van der Waals surface area contributed by atoms with E-state index in [9.17, 15) is 8.42 Å². The number of ether oxygens (including phenoxy) is 1. The van der Waals surface area contributed by atoms with Crippen LogP contribution in [0.3, 0.4) is 0 Å². The second kappa shape index (κ2) is 6.71. The van der Waals surface area contributed by atoms with Gasteiger partial charge in [0, 0.05) is 24.7 Å². The Hall–Kier alpha value is -0.530. The molecule has 1 aliphatic heterocycles. The van der Waals surface area contributed by atoms with E-state index in [2.05, 4.69) is 0 Å². The highest BCUT2D eigenvalue weighted by Crippen LogP contribution is 2.34. The van der Waals surface area contributed by atoms with Crippen molar-refractivity contribution in [3.05, 3.63) is 22.2 Å². The molecule has 2 rings (SSSR count). The van der Waals surface area contributed by atoms with E-state index >= 15 is 0 Å². The third-order valence-electron chi connectivity index (χ3n) is 3.38. The van der Waals surface area contributed by atoms with E-state index in [0.29, 0.717) is 24.7 Å². The predicted molar refractivity (Wildman–Crippen MR) is 84.3 cm³/mol. The van der Waals surface area contributed by atoms with Gasteiger partial charge in [0.15, 0.2) is 0 Å². The summed E-state index contributed by atoms with van der Waals surface area (Å²) in [7, 11) is -3.75. The lowest BCUT2D eigenvalue weighted by Crippen LogP contribution is -2.43. The van der Waals surface area contributed by atoms with Crippen LogP contribution in [0.25, 0.3) is 0 Å². The van der Waals surface area contributed by atoms with Crippen molar-refractivity contribution >= 4 is 38.9 Å². The van der Waals surface area contributed by atoms with Gasteiger partial charge in [-0.25, -0.2) is 8.42 Å². The minimum Gasteiger partial charge on any atom is -0.398 e. The van der Waals surface area contributed by atoms with Crippen molar-refractivity contribution in [2.75, 3.05) is 25.4 Å². The summed E-state index contributed by atoms with van der Waals surface area (Å²) >= 11 is 11.9. The Balaban J connectivity index is 2.34. The van der Waals surface area contributed by atoms with Gasteiger partial charge >= 0.3 is 0 Å². The number of rotatable bonds is 4. The van der Waals surface area contributed by atoms with Crippen LogP contribution in [0.4, 0.5) is 5.69 Å². The second-order valence-corrected chi connectivity index (χ2v) is 7.61. The lowest BCUT2D eigenvalue weighted by atomic mass is 10.1. The van der Waals surface area contributed by atoms with Crippen molar-refractivity contribution in [2.45, 2.75) is 30.8 Å². The summed E-state index contributed by atoms with van der Waals surface area (Å²) in [6, 6.07) is 2.78. The zero-order chi connectivity index (χ0) is 15.6. The van der Waals surface area contributed by atoms with E-state index in [-0.39, 0.29) is 21.7 Å². The van der Waals surface area contributed by atoms with Crippen LogP contribution in [-0.2, 0) is 14.8 Å². The third-order valence-corrected chi connectivity index (χ3v) is 5.99. The smallest absolute Gasteiger partial charge is 0.246 e. The number of hydrogen-bond acceptors (Lipinski definition) is 4. The molecule has 1 heterocycles. The normalized spacial score (nSPS) is 20.6. The Morgan fingerprint density at radius 1 is 1.43 bits per heavy atom. The van der Waals surface area contributed by atoms with E-state index in [4.69, 9.17) is 33.7 Å². The van der Waals surface area contributed by atoms with Gasteiger partial charge in [-0.3, -0.25) is 0 Å². The Labute approximate surface area is 135 Å². The van der Waals surface area contributed by atoms with Crippen LogP contribution < -0.4 is 5.73 Å². The fourth-order valence-corrected chi connectivity index (χ4v) is 4.93. The minimum atomic E-state index is -3.75. The maximum atomic E-state index is 12.8. The van der Waals surface area contributed by atoms with Gasteiger partial charge in [-0.05, 0) is 31.9 Å². The summed E-state index contributed by atoms with van der Waals surface area (Å²) in [5, 5.41) is 0.348. The number of piperidine rings is 1. The van der Waals surface area contributed by atoms with Gasteiger partial charge < -0.3 is 10.5 Å². The Kier molecular flexibility index (Phi) is 5.38. The van der Waals surface area contributed by atoms with Gasteiger partial charge in [0.25, 0.3) is 0 Å². The minimum absolute atomic E-state index is 0.0403. The molecule has 5 nitrogen and oxygen atoms in total. The lowest BCUT2D eigenvalue weighted by Gasteiger charge is -2.32. The predicted octanol–water partition coefficient (Wildman–Crippen LogP) is 2.77. The number of anilines is 1. The average Bonchev–Trinajstić information content (AvgIpc) is 2.37. The van der Waals surface area contributed by atoms with E-state index in [0.717, 1.165) is 12.8 Å². The Morgan fingerprint density at radius 2 is 2.14 bits per heavy atom. The molecule has 118 valence electrons. The molecule has 0 spiro atoms. The molecule has 21 heavy (non-hydrogen) atoms. The van der Waals surface area contributed by atoms with Gasteiger partial charge in [0.05, 0.1) is 16.8 Å². The summed E-state index contributed by atoms with van der Waals surface area (Å²) in [4.78, 5) is -0.0780. The van der Waals surface area contributed by atoms with Gasteiger partial charge in [0.1, 0.15) is 4.90 Å². The number of nitrogen functional groups attached to an aromatic ring is 1. The molecule has 1 aromatic rings. The fraction of sp³-hybridized carbons (Fsp3) is 0.538. The molecule has 1 aromatic carbocycles. The maximum Gasteiger partial charge on any atom is 0.246 e. The number of sulfonamides is 1. The molecular formula is C13H18Cl2N2O3S. The molecule has 0 amide bonds. The van der Waals surface area contributed by atoms with Crippen molar-refractivity contribution in [3.8, 4) is 0 Å². The molecule has 1 fully saturated rings. The number of nitrogens with two attached hydrogens (primary N) is 1. The second-order valence-electron chi connectivity index (χ2n) is 4.89. The van der Waals surface area contributed by atoms with Gasteiger partial charge in [-0.1, -0.05) is 23.2 Å². The van der Waals surface area contributed by atoms with E-state index < -0.39 is 10.0 Å². The molecule has 1 atom stereocenters. The molecule has 8 heteroatoms. The first-order valence-electron chi connectivity index (χ1n) is 6.72. The van der Waals surface area contributed by atoms with Crippen molar-refractivity contribution in [1.29, 1.82) is 0 Å². The van der Waals surface area contributed by atoms with E-state index in [1.807, 2.05) is 6.92 Å². The molecule has 0 radical (unpaired) electrons. The molecule has 0 aliphatic carbocycles. The maximum absolute atomic E-state index is 12.8. The molecule has 0 saturated carbocycles. The van der Waals surface area contributed by atoms with Gasteiger partial charge in [0.2, 0.25) is 10.0 Å². The summed E-state index contributed by atoms with van der Waals surface area (Å²) in [5.74, 6) is 0. The van der Waals surface area contributed by atoms with Gasteiger partial charge in [-0.15, -0.1) is 0 Å². The summed E-state index contributed by atoms with van der Waals surface area (Å²) in [5.41, 5.74) is 5.86. The van der Waals surface area contributed by atoms with Crippen LogP contribution in [0.5, 0.6) is 0 Å². The van der Waals surface area contributed by atoms with Crippen LogP contribution >= 0.6 is 23.2 Å². The van der Waals surface area contributed by atoms with Crippen LogP contribution in [0.1, 0.15) is 19.8 Å². The largest absolute Gasteiger partial charge is 0.398 e. The SMILES string of the molecule is CCOC1CCCN(S(=O)(=O)c2c(N)cc(Cl)cc2Cl)C1. The number of halogens is 2. The summed E-state index contributed by atoms with van der Waals surface area (Å²) in [6.45, 7) is 3.20. The Bertz CT molecular complexity index is 597. The number of nitrogens with zero attached hydrogens (tertiary/aromatic N) is 1. The number of hydrogen-bond donors (Lipinski definition) is 1. The zero-order valence-corrected chi connectivity index (χ0v) is 14.0. The van der Waals surface area contributed by atoms with Gasteiger partial charge in [-0.2, -0.15) is 4.31 Å². The van der Waals surface area contributed by atoms with Crippen molar-refractivity contribution in [2.24, 2.45) is 0 Å². The van der Waals surface area contributed by atoms with Crippen LogP contribution in [0.2, 0.25) is 10.0 Å². The summed E-state index contributed by atoms with van der Waals surface area (Å²) < 4.78 is 32.4. The topological polar surface area (TPSA) is 72.6 Å². The fourth-order valence-electron chi connectivity index (χ4n) is 2.48. The highest BCUT2D eigenvalue weighted by atomic mass is 35.5. The number of benzene rings is 1. The monoisotopic (exact) mass is 352 g/mol. The molecule has 1 unspecified atom stereocenters. The summed E-state index contributed by atoms with van der Waals surface area (Å²) in [6.07, 6.45) is 1.50. The molecule has 1 aliphatic rings. The van der Waals surface area contributed by atoms with Crippen LogP contribution in [0.15, 0.2) is 17.0 Å². The lowest BCUT2D eigenvalue weighted by molar-refractivity contribution is 0.0265. The molecule has 1 saturated heterocycles. The highest BCUT2D eigenvalue weighted by Gasteiger charge is 2.33. The third kappa shape index (κ3) is 3.63. The van der Waals surface area contributed by atoms with Crippen molar-refractivity contribution in [1.82, 2.24) is 4.31 Å². The molecule has 2 N–H and O–H groups in total. The quantitative estimate of drug-likeness (QED) is 0.845. The van der Waals surface area contributed by atoms with E-state index in [1.165, 1.54) is 16.4 Å². The van der Waals surface area contributed by atoms with Crippen molar-refractivity contribution in [3.63, 3.8) is 0 Å². The first-order valence-corrected chi connectivity index (χ1v) is 8.92. The first kappa shape index (κ1) is 16.8. The average molecular weight is 353 g/mol. The highest BCUT2D eigenvalue weighted by molar-refractivity contribution is 7.89. The van der Waals surface area contributed by atoms with Crippen LogP contribution in [-0.4, -0.2) is 38.5 Å². The Morgan fingerprint density at radius 3 is 2.76 bits per heavy atom. The first-order chi connectivity index (χ1) is 9.86.